The normalized spacial score (nSPS) is 19.7. The molecule has 5 nitrogen and oxygen atoms in total. The zero-order chi connectivity index (χ0) is 16.8. The first kappa shape index (κ1) is 18.3. The Balaban J connectivity index is 2.04. The third-order valence-corrected chi connectivity index (χ3v) is 6.46. The second kappa shape index (κ2) is 8.68. The summed E-state index contributed by atoms with van der Waals surface area (Å²) in [4.78, 5) is 15.0. The van der Waals surface area contributed by atoms with Crippen LogP contribution in [0.2, 0.25) is 0 Å². The summed E-state index contributed by atoms with van der Waals surface area (Å²) in [6, 6.07) is 0.345. The van der Waals surface area contributed by atoms with Crippen molar-refractivity contribution in [2.24, 2.45) is 5.92 Å². The third-order valence-electron chi connectivity index (χ3n) is 3.97. The highest BCUT2D eigenvalue weighted by molar-refractivity contribution is 8.02. The largest absolute Gasteiger partial charge is 0.357 e. The average molecular weight is 355 g/mol. The van der Waals surface area contributed by atoms with Crippen LogP contribution in [0.3, 0.4) is 0 Å². The number of thioether (sulfide) groups is 1. The monoisotopic (exact) mass is 354 g/mol. The maximum Gasteiger partial charge on any atom is 0.236 e. The molecule has 7 heteroatoms. The van der Waals surface area contributed by atoms with Crippen molar-refractivity contribution in [1.82, 2.24) is 15.1 Å². The second-order valence-corrected chi connectivity index (χ2v) is 8.57. The number of anilines is 1. The van der Waals surface area contributed by atoms with Gasteiger partial charge in [0.1, 0.15) is 0 Å². The molecular weight excluding hydrogens is 328 g/mol. The minimum Gasteiger partial charge on any atom is -0.357 e. The Kier molecular flexibility index (Phi) is 6.89. The number of nitrogens with zero attached hydrogens (tertiary/aromatic N) is 3. The Morgan fingerprint density at radius 3 is 2.96 bits per heavy atom. The van der Waals surface area contributed by atoms with Crippen LogP contribution in [0.1, 0.15) is 40.0 Å². The Labute approximate surface area is 146 Å². The fraction of sp³-hybridized carbons (Fsp3) is 0.688. The lowest BCUT2D eigenvalue weighted by molar-refractivity contribution is -0.134. The Morgan fingerprint density at radius 2 is 2.30 bits per heavy atom. The summed E-state index contributed by atoms with van der Waals surface area (Å²) in [5.41, 5.74) is 0. The van der Waals surface area contributed by atoms with Gasteiger partial charge in [0.2, 0.25) is 11.0 Å². The molecule has 0 radical (unpaired) electrons. The molecule has 23 heavy (non-hydrogen) atoms. The highest BCUT2D eigenvalue weighted by atomic mass is 32.2. The highest BCUT2D eigenvalue weighted by Crippen LogP contribution is 2.34. The van der Waals surface area contributed by atoms with Gasteiger partial charge in [0.05, 0.1) is 5.25 Å². The molecule has 2 unspecified atom stereocenters. The second-order valence-electron chi connectivity index (χ2n) is 6.20. The molecule has 128 valence electrons. The van der Waals surface area contributed by atoms with Crippen LogP contribution < -0.4 is 5.32 Å². The number of carbonyl (C=O) groups is 1. The molecule has 0 spiro atoms. The van der Waals surface area contributed by atoms with E-state index in [1.807, 2.05) is 0 Å². The summed E-state index contributed by atoms with van der Waals surface area (Å²) in [7, 11) is 0. The summed E-state index contributed by atoms with van der Waals surface area (Å²) in [6.45, 7) is 11.6. The molecule has 0 aromatic carbocycles. The van der Waals surface area contributed by atoms with Crippen LogP contribution in [0.4, 0.5) is 5.13 Å². The van der Waals surface area contributed by atoms with Crippen molar-refractivity contribution in [3.8, 4) is 0 Å². The number of hydrogen-bond donors (Lipinski definition) is 1. The lowest BCUT2D eigenvalue weighted by Crippen LogP contribution is -2.47. The third kappa shape index (κ3) is 4.94. The summed E-state index contributed by atoms with van der Waals surface area (Å²) >= 11 is 3.04. The number of nitrogens with one attached hydrogen (secondary N) is 1. The van der Waals surface area contributed by atoms with E-state index in [1.165, 1.54) is 17.8 Å². The summed E-state index contributed by atoms with van der Waals surface area (Å²) in [5.74, 6) is 0.503. The van der Waals surface area contributed by atoms with E-state index >= 15 is 0 Å². The van der Waals surface area contributed by atoms with Crippen LogP contribution >= 0.6 is 23.1 Å². The molecule has 0 bridgehead atoms. The van der Waals surface area contributed by atoms with E-state index in [0.29, 0.717) is 12.6 Å². The predicted octanol–water partition coefficient (Wildman–Crippen LogP) is 3.65. The van der Waals surface area contributed by atoms with Crippen LogP contribution in [-0.4, -0.2) is 45.4 Å². The highest BCUT2D eigenvalue weighted by Gasteiger charge is 2.32. The number of carbonyl (C=O) groups excluding carboxylic acids is 1. The molecule has 1 amide bonds. The van der Waals surface area contributed by atoms with Crippen LogP contribution in [0.5, 0.6) is 0 Å². The standard InChI is InChI=1S/C16H26N4OS2/c1-5-9-17-15-18-19-16(23-15)22-13(11(2)3)14(21)20-10-7-6-8-12(20)4/h5,11-13H,1,6-10H2,2-4H3,(H,17,18). The summed E-state index contributed by atoms with van der Waals surface area (Å²) in [6.07, 6.45) is 5.22. The van der Waals surface area contributed by atoms with Crippen molar-refractivity contribution in [2.75, 3.05) is 18.4 Å². The number of piperidine rings is 1. The van der Waals surface area contributed by atoms with E-state index < -0.39 is 0 Å². The topological polar surface area (TPSA) is 58.1 Å². The van der Waals surface area contributed by atoms with Crippen molar-refractivity contribution >= 4 is 34.1 Å². The van der Waals surface area contributed by atoms with Crippen molar-refractivity contribution in [1.29, 1.82) is 0 Å². The zero-order valence-electron chi connectivity index (χ0n) is 14.1. The van der Waals surface area contributed by atoms with Crippen LogP contribution in [0.25, 0.3) is 0 Å². The molecule has 1 N–H and O–H groups in total. The van der Waals surface area contributed by atoms with E-state index in [4.69, 9.17) is 0 Å². The number of aromatic nitrogens is 2. The van der Waals surface area contributed by atoms with Crippen molar-refractivity contribution in [2.45, 2.75) is 55.7 Å². The van der Waals surface area contributed by atoms with Gasteiger partial charge in [-0.15, -0.1) is 16.8 Å². The first-order valence-electron chi connectivity index (χ1n) is 8.18. The first-order valence-corrected chi connectivity index (χ1v) is 9.88. The van der Waals surface area contributed by atoms with Gasteiger partial charge in [-0.2, -0.15) is 0 Å². The molecule has 1 aromatic rings. The molecule has 2 atom stereocenters. The van der Waals surface area contributed by atoms with Crippen molar-refractivity contribution < 1.29 is 4.79 Å². The van der Waals surface area contributed by atoms with E-state index in [-0.39, 0.29) is 17.1 Å². The molecule has 1 aromatic heterocycles. The summed E-state index contributed by atoms with van der Waals surface area (Å²) in [5, 5.41) is 12.1. The average Bonchev–Trinajstić information content (AvgIpc) is 2.98. The van der Waals surface area contributed by atoms with Crippen LogP contribution in [0, 0.1) is 5.92 Å². The molecule has 1 saturated heterocycles. The number of rotatable bonds is 7. The SMILES string of the molecule is C=CCNc1nnc(SC(C(=O)N2CCCCC2C)C(C)C)s1. The quantitative estimate of drug-likeness (QED) is 0.598. The minimum absolute atomic E-state index is 0.101. The van der Waals surface area contributed by atoms with Crippen molar-refractivity contribution in [3.05, 3.63) is 12.7 Å². The molecule has 1 aliphatic rings. The van der Waals surface area contributed by atoms with Gasteiger partial charge < -0.3 is 10.2 Å². The van der Waals surface area contributed by atoms with E-state index in [2.05, 4.69) is 47.8 Å². The van der Waals surface area contributed by atoms with Gasteiger partial charge in [-0.25, -0.2) is 0 Å². The van der Waals surface area contributed by atoms with Gasteiger partial charge in [0, 0.05) is 19.1 Å². The lowest BCUT2D eigenvalue weighted by Gasteiger charge is -2.36. The first-order chi connectivity index (χ1) is 11.0. The number of amides is 1. The number of likely N-dealkylation sites (tertiary alicyclic amines) is 1. The molecular formula is C16H26N4OS2. The molecule has 0 saturated carbocycles. The van der Waals surface area contributed by atoms with Gasteiger partial charge in [0.25, 0.3) is 0 Å². The molecule has 1 aliphatic heterocycles. The van der Waals surface area contributed by atoms with Gasteiger partial charge >= 0.3 is 0 Å². The lowest BCUT2D eigenvalue weighted by atomic mass is 10.0. The minimum atomic E-state index is -0.101. The van der Waals surface area contributed by atoms with E-state index in [0.717, 1.165) is 28.9 Å². The van der Waals surface area contributed by atoms with Gasteiger partial charge in [0.15, 0.2) is 4.34 Å². The number of hydrogen-bond acceptors (Lipinski definition) is 6. The van der Waals surface area contributed by atoms with E-state index in [9.17, 15) is 4.79 Å². The fourth-order valence-corrected chi connectivity index (χ4v) is 4.70. The van der Waals surface area contributed by atoms with Gasteiger partial charge in [-0.1, -0.05) is 43.0 Å². The maximum atomic E-state index is 13.0. The molecule has 1 fully saturated rings. The Morgan fingerprint density at radius 1 is 1.52 bits per heavy atom. The maximum absolute atomic E-state index is 13.0. The zero-order valence-corrected chi connectivity index (χ0v) is 15.8. The molecule has 0 aliphatic carbocycles. The summed E-state index contributed by atoms with van der Waals surface area (Å²) < 4.78 is 0.841. The van der Waals surface area contributed by atoms with Crippen molar-refractivity contribution in [3.63, 3.8) is 0 Å². The van der Waals surface area contributed by atoms with Gasteiger partial charge in [-0.3, -0.25) is 4.79 Å². The fourth-order valence-electron chi connectivity index (χ4n) is 2.66. The van der Waals surface area contributed by atoms with Gasteiger partial charge in [-0.05, 0) is 32.1 Å². The van der Waals surface area contributed by atoms with Crippen LogP contribution in [-0.2, 0) is 4.79 Å². The molecule has 2 rings (SSSR count). The van der Waals surface area contributed by atoms with Crippen LogP contribution in [0.15, 0.2) is 17.0 Å². The molecule has 2 heterocycles. The Hall–Kier alpha value is -1.08. The van der Waals surface area contributed by atoms with E-state index in [1.54, 1.807) is 17.8 Å². The smallest absolute Gasteiger partial charge is 0.236 e. The Bertz CT molecular complexity index is 532. The predicted molar refractivity (Wildman–Crippen MR) is 98.1 cm³/mol.